The molecule has 0 N–H and O–H groups in total. The Hall–Kier alpha value is -5.88. The third kappa shape index (κ3) is 13.1. The number of likely N-dealkylation sites (N-methyl/N-ethyl adjacent to an activating group) is 1. The van der Waals surface area contributed by atoms with Gasteiger partial charge in [-0.2, -0.15) is 0 Å². The molecule has 0 bridgehead atoms. The van der Waals surface area contributed by atoms with E-state index in [0.717, 1.165) is 80.8 Å². The molecule has 0 amide bonds. The van der Waals surface area contributed by atoms with Crippen molar-refractivity contribution >= 4 is 74.5 Å². The molecule has 0 radical (unpaired) electrons. The van der Waals surface area contributed by atoms with Crippen molar-refractivity contribution in [3.63, 3.8) is 0 Å². The predicted octanol–water partition coefficient (Wildman–Crippen LogP) is 7.52. The number of benzene rings is 1. The first-order valence-electron chi connectivity index (χ1n) is 21.8. The van der Waals surface area contributed by atoms with E-state index in [-0.39, 0.29) is 14.9 Å². The Labute approximate surface area is 402 Å². The standard InChI is InChI=1S/C10H12N4.C10H14N4.C10H16N4.C10H10N2S.C6H10N2S.2CH4/c1-13-4-5-14-7-8-6-11-3-2-9(8)12-10(13)14;1-13(2)10-12-9-4-5-11-6-8(9)7-14(10)3;1-13(2)10(14(3)4)12-9-5-7-11-8-6-9;1-2-5-9-8(4-1)12-7-3-6-11-10(12)13-9;1-2-7-6-8(3-1)4-5-9-6;;/h2-3,6H,4-5,7H2,1H3;4-6H,7H2,1-3H3;5-8H,1-4H3;1-2,4-5H,3,6-7H2;1-5H2;2*1H4. The fourth-order valence-electron chi connectivity index (χ4n) is 7.71. The Morgan fingerprint density at radius 1 is 0.636 bits per heavy atom. The van der Waals surface area contributed by atoms with E-state index in [9.17, 15) is 0 Å². The minimum atomic E-state index is 0. The van der Waals surface area contributed by atoms with Crippen molar-refractivity contribution in [2.75, 3.05) is 113 Å². The zero-order valence-electron chi connectivity index (χ0n) is 38.5. The molecule has 0 spiro atoms. The lowest BCUT2D eigenvalue weighted by Gasteiger charge is -2.30. The van der Waals surface area contributed by atoms with E-state index in [1.165, 1.54) is 63.7 Å². The summed E-state index contributed by atoms with van der Waals surface area (Å²) < 4.78 is 0. The predicted molar refractivity (Wildman–Crippen MR) is 281 cm³/mol. The monoisotopic (exact) mass is 935 g/mol. The number of hydrogen-bond acceptors (Lipinski definition) is 16. The summed E-state index contributed by atoms with van der Waals surface area (Å²) in [4.78, 5) is 53.4. The molecule has 66 heavy (non-hydrogen) atoms. The third-order valence-corrected chi connectivity index (χ3v) is 12.9. The molecule has 0 saturated carbocycles. The summed E-state index contributed by atoms with van der Waals surface area (Å²) in [6, 6.07) is 16.2. The molecule has 4 aromatic rings. The number of rotatable bonds is 1. The quantitative estimate of drug-likeness (QED) is 0.138. The Balaban J connectivity index is 0.000000154. The van der Waals surface area contributed by atoms with Gasteiger partial charge in [-0.1, -0.05) is 38.7 Å². The first-order chi connectivity index (χ1) is 31.0. The fourth-order valence-corrected chi connectivity index (χ4v) is 9.83. The van der Waals surface area contributed by atoms with E-state index in [2.05, 4.69) is 95.7 Å². The SMILES string of the molecule is C.C.C1CN=C2SCCN2C1.CN(C)C(=Nc1ccncc1)N(C)C.CN(C)C1=Nc2ccncc2CN1C.CN1CCN2Cc3cnccc3N=C12.c1ccc2c(c1)SC1=NCCCN12. The maximum Gasteiger partial charge on any atom is 0.202 e. The van der Waals surface area contributed by atoms with Gasteiger partial charge in [0, 0.05) is 174 Å². The fraction of sp³-hybridized carbons (Fsp3) is 0.458. The molecule has 0 atom stereocenters. The average Bonchev–Trinajstić information content (AvgIpc) is 4.05. The van der Waals surface area contributed by atoms with Crippen LogP contribution in [0.1, 0.15) is 38.8 Å². The van der Waals surface area contributed by atoms with Crippen LogP contribution in [-0.4, -0.2) is 185 Å². The number of pyridine rings is 3. The van der Waals surface area contributed by atoms with E-state index in [0.29, 0.717) is 0 Å². The Bertz CT molecular complexity index is 2290. The maximum absolute atomic E-state index is 4.62. The molecule has 3 aromatic heterocycles. The van der Waals surface area contributed by atoms with Crippen LogP contribution in [0.3, 0.4) is 0 Å². The number of thioether (sulfide) groups is 2. The molecule has 10 heterocycles. The molecule has 0 aliphatic carbocycles. The summed E-state index contributed by atoms with van der Waals surface area (Å²) in [5.41, 5.74) is 6.76. The minimum Gasteiger partial charge on any atom is -0.351 e. The highest BCUT2D eigenvalue weighted by Gasteiger charge is 2.29. The van der Waals surface area contributed by atoms with Gasteiger partial charge in [0.15, 0.2) is 10.3 Å². The number of fused-ring (bicyclic) bond motifs is 7. The number of aliphatic imine (C=N–C) groups is 5. The van der Waals surface area contributed by atoms with Crippen molar-refractivity contribution < 1.29 is 0 Å². The highest BCUT2D eigenvalue weighted by atomic mass is 32.2. The molecule has 2 saturated heterocycles. The van der Waals surface area contributed by atoms with Crippen molar-refractivity contribution in [2.45, 2.75) is 45.7 Å². The summed E-state index contributed by atoms with van der Waals surface area (Å²) in [5, 5.41) is 2.48. The first-order valence-corrected chi connectivity index (χ1v) is 23.6. The second-order valence-corrected chi connectivity index (χ2v) is 18.5. The van der Waals surface area contributed by atoms with Gasteiger partial charge < -0.3 is 39.2 Å². The van der Waals surface area contributed by atoms with Gasteiger partial charge in [0.2, 0.25) is 17.9 Å². The van der Waals surface area contributed by atoms with Crippen molar-refractivity contribution in [1.29, 1.82) is 0 Å². The lowest BCUT2D eigenvalue weighted by Crippen LogP contribution is -2.39. The smallest absolute Gasteiger partial charge is 0.202 e. The number of para-hydroxylation sites is 1. The van der Waals surface area contributed by atoms with Gasteiger partial charge in [-0.25, -0.2) is 15.0 Å². The van der Waals surface area contributed by atoms with Crippen molar-refractivity contribution in [1.82, 2.24) is 49.3 Å². The Morgan fingerprint density at radius 3 is 1.95 bits per heavy atom. The molecule has 0 unspecified atom stereocenters. The van der Waals surface area contributed by atoms with Crippen LogP contribution in [0, 0.1) is 0 Å². The van der Waals surface area contributed by atoms with E-state index < -0.39 is 0 Å². The first kappa shape index (κ1) is 51.1. The maximum atomic E-state index is 4.62. The molecule has 16 nitrogen and oxygen atoms in total. The van der Waals surface area contributed by atoms with Crippen molar-refractivity contribution in [3.8, 4) is 0 Å². The summed E-state index contributed by atoms with van der Waals surface area (Å²) in [6.45, 7) is 9.61. The molecular formula is C48H70N16S2. The van der Waals surface area contributed by atoms with Crippen molar-refractivity contribution in [2.24, 2.45) is 25.0 Å². The number of hydrogen-bond donors (Lipinski definition) is 0. The molecule has 7 aliphatic heterocycles. The Morgan fingerprint density at radius 2 is 1.27 bits per heavy atom. The zero-order valence-corrected chi connectivity index (χ0v) is 40.2. The van der Waals surface area contributed by atoms with Crippen LogP contribution in [0.25, 0.3) is 0 Å². The number of guanidine groups is 3. The molecule has 354 valence electrons. The second kappa shape index (κ2) is 24.6. The molecule has 7 aliphatic rings. The number of amidine groups is 2. The van der Waals surface area contributed by atoms with Gasteiger partial charge in [-0.3, -0.25) is 24.9 Å². The van der Waals surface area contributed by atoms with Crippen LogP contribution >= 0.6 is 23.5 Å². The van der Waals surface area contributed by atoms with Gasteiger partial charge in [-0.15, -0.1) is 0 Å². The molecule has 11 rings (SSSR count). The van der Waals surface area contributed by atoms with Crippen LogP contribution < -0.4 is 4.90 Å². The average molecular weight is 935 g/mol. The number of aromatic nitrogens is 3. The summed E-state index contributed by atoms with van der Waals surface area (Å²) in [7, 11) is 16.0. The lowest BCUT2D eigenvalue weighted by molar-refractivity contribution is 0.412. The van der Waals surface area contributed by atoms with Crippen LogP contribution in [0.15, 0.2) is 116 Å². The molecular weight excluding hydrogens is 865 g/mol. The second-order valence-electron chi connectivity index (χ2n) is 16.4. The largest absolute Gasteiger partial charge is 0.351 e. The van der Waals surface area contributed by atoms with E-state index in [1.54, 1.807) is 36.5 Å². The van der Waals surface area contributed by atoms with Crippen LogP contribution in [-0.2, 0) is 13.1 Å². The molecule has 2 fully saturated rings. The van der Waals surface area contributed by atoms with Crippen LogP contribution in [0.2, 0.25) is 0 Å². The molecule has 1 aromatic carbocycles. The van der Waals surface area contributed by atoms with Gasteiger partial charge in [0.05, 0.1) is 22.7 Å². The summed E-state index contributed by atoms with van der Waals surface area (Å²) in [6.07, 6.45) is 13.3. The van der Waals surface area contributed by atoms with Gasteiger partial charge in [-0.05, 0) is 61.0 Å². The van der Waals surface area contributed by atoms with Crippen LogP contribution in [0.5, 0.6) is 0 Å². The third-order valence-electron chi connectivity index (χ3n) is 10.8. The van der Waals surface area contributed by atoms with Crippen molar-refractivity contribution in [3.05, 3.63) is 96.8 Å². The van der Waals surface area contributed by atoms with E-state index in [4.69, 9.17) is 0 Å². The highest BCUT2D eigenvalue weighted by Crippen LogP contribution is 2.41. The molecule has 18 heteroatoms. The summed E-state index contributed by atoms with van der Waals surface area (Å²) in [5.74, 6) is 4.25. The highest BCUT2D eigenvalue weighted by molar-refractivity contribution is 8.14. The van der Waals surface area contributed by atoms with E-state index in [1.807, 2.05) is 112 Å². The normalized spacial score (nSPS) is 16.5. The van der Waals surface area contributed by atoms with Gasteiger partial charge in [0.1, 0.15) is 0 Å². The zero-order chi connectivity index (χ0) is 45.0. The minimum absolute atomic E-state index is 0. The van der Waals surface area contributed by atoms with Gasteiger partial charge in [0.25, 0.3) is 0 Å². The topological polar surface area (TPSA) is 126 Å². The Kier molecular flexibility index (Phi) is 19.0. The van der Waals surface area contributed by atoms with E-state index >= 15 is 0 Å². The number of anilines is 1. The lowest BCUT2D eigenvalue weighted by atomic mass is 10.2. The van der Waals surface area contributed by atoms with Gasteiger partial charge >= 0.3 is 0 Å². The summed E-state index contributed by atoms with van der Waals surface area (Å²) >= 11 is 3.70. The van der Waals surface area contributed by atoms with Crippen LogP contribution in [0.4, 0.5) is 22.7 Å². The number of nitrogens with zero attached hydrogens (tertiary/aromatic N) is 16.